The molecule has 4 nitrogen and oxygen atoms in total. The molecular weight excluding hydrogens is 382 g/mol. The van der Waals surface area contributed by atoms with Crippen LogP contribution >= 0.6 is 47.2 Å². The fourth-order valence-electron chi connectivity index (χ4n) is 2.79. The average molecular weight is 402 g/mol. The number of halogens is 4. The van der Waals surface area contributed by atoms with Gasteiger partial charge in [0.05, 0.1) is 16.6 Å². The zero-order valence-corrected chi connectivity index (χ0v) is 15.6. The van der Waals surface area contributed by atoms with Crippen molar-refractivity contribution in [2.45, 2.75) is 19.3 Å². The second kappa shape index (κ2) is 9.80. The zero-order valence-electron chi connectivity index (χ0n) is 12.5. The molecule has 3 N–H and O–H groups in total. The minimum atomic E-state index is 0. The summed E-state index contributed by atoms with van der Waals surface area (Å²) >= 11 is 17.9. The summed E-state index contributed by atoms with van der Waals surface area (Å²) in [5.41, 5.74) is 5.69. The lowest BCUT2D eigenvalue weighted by molar-refractivity contribution is -0.126. The van der Waals surface area contributed by atoms with Crippen molar-refractivity contribution in [3.63, 3.8) is 0 Å². The third kappa shape index (κ3) is 5.57. The van der Waals surface area contributed by atoms with E-state index in [0.717, 1.165) is 19.3 Å². The number of nitrogens with one attached hydrogen (secondary N) is 1. The summed E-state index contributed by atoms with van der Waals surface area (Å²) in [5, 5.41) is 4.03. The van der Waals surface area contributed by atoms with Gasteiger partial charge in [0.2, 0.25) is 5.91 Å². The maximum absolute atomic E-state index is 12.1. The molecule has 1 aliphatic rings. The van der Waals surface area contributed by atoms with E-state index in [0.29, 0.717) is 39.8 Å². The predicted molar refractivity (Wildman–Crippen MR) is 97.1 cm³/mol. The van der Waals surface area contributed by atoms with Gasteiger partial charge in [-0.2, -0.15) is 0 Å². The van der Waals surface area contributed by atoms with Crippen LogP contribution in [0, 0.1) is 11.8 Å². The van der Waals surface area contributed by atoms with Gasteiger partial charge in [-0.3, -0.25) is 4.79 Å². The number of hydrogen-bond donors (Lipinski definition) is 2. The van der Waals surface area contributed by atoms with E-state index in [1.165, 1.54) is 0 Å². The van der Waals surface area contributed by atoms with Gasteiger partial charge in [-0.1, -0.05) is 41.2 Å². The van der Waals surface area contributed by atoms with Crippen molar-refractivity contribution < 1.29 is 9.53 Å². The van der Waals surface area contributed by atoms with E-state index in [9.17, 15) is 4.79 Å². The van der Waals surface area contributed by atoms with Crippen LogP contribution in [0.5, 0.6) is 5.75 Å². The van der Waals surface area contributed by atoms with E-state index in [1.807, 2.05) is 0 Å². The van der Waals surface area contributed by atoms with Crippen LogP contribution in [-0.4, -0.2) is 25.6 Å². The Balaban J connectivity index is 0.00000264. The minimum Gasteiger partial charge on any atom is -0.489 e. The van der Waals surface area contributed by atoms with Gasteiger partial charge < -0.3 is 15.8 Å². The van der Waals surface area contributed by atoms with Crippen LogP contribution in [0.25, 0.3) is 0 Å². The highest BCUT2D eigenvalue weighted by Crippen LogP contribution is 2.35. The van der Waals surface area contributed by atoms with Gasteiger partial charge in [0.15, 0.2) is 5.75 Å². The molecule has 0 aliphatic heterocycles. The Labute approximate surface area is 157 Å². The van der Waals surface area contributed by atoms with E-state index >= 15 is 0 Å². The number of ether oxygens (including phenoxy) is 1. The molecule has 0 heterocycles. The molecule has 130 valence electrons. The maximum Gasteiger partial charge on any atom is 0.223 e. The van der Waals surface area contributed by atoms with Gasteiger partial charge in [0, 0.05) is 10.9 Å². The number of rotatable bonds is 6. The Morgan fingerprint density at radius 2 is 1.91 bits per heavy atom. The molecule has 1 saturated carbocycles. The SMILES string of the molecule is Cl.NC[C@H]1CCC[C@H]1C(=O)NCCOc1c(Cl)cc(Cl)cc1Cl. The van der Waals surface area contributed by atoms with Crippen molar-refractivity contribution in [2.75, 3.05) is 19.7 Å². The van der Waals surface area contributed by atoms with Gasteiger partial charge in [-0.05, 0) is 37.4 Å². The quantitative estimate of drug-likeness (QED) is 0.709. The molecule has 23 heavy (non-hydrogen) atoms. The third-order valence-corrected chi connectivity index (χ3v) is 4.69. The van der Waals surface area contributed by atoms with Crippen molar-refractivity contribution in [3.8, 4) is 5.75 Å². The molecule has 2 rings (SSSR count). The highest BCUT2D eigenvalue weighted by Gasteiger charge is 2.31. The average Bonchev–Trinajstić information content (AvgIpc) is 2.93. The first-order chi connectivity index (χ1) is 10.5. The molecule has 0 radical (unpaired) electrons. The number of benzene rings is 1. The second-order valence-electron chi connectivity index (χ2n) is 5.37. The lowest BCUT2D eigenvalue weighted by Gasteiger charge is -2.17. The van der Waals surface area contributed by atoms with Crippen LogP contribution in [0.2, 0.25) is 15.1 Å². The number of nitrogens with two attached hydrogens (primary N) is 1. The van der Waals surface area contributed by atoms with Gasteiger partial charge in [-0.25, -0.2) is 0 Å². The van der Waals surface area contributed by atoms with Crippen molar-refractivity contribution in [1.82, 2.24) is 5.32 Å². The standard InChI is InChI=1S/C15H19Cl3N2O2.ClH/c16-10-6-12(17)14(13(18)7-10)22-5-4-20-15(21)11-3-1-2-9(11)8-19;/h6-7,9,11H,1-5,8,19H2,(H,20,21);1H/t9-,11-;/m1./s1. The maximum atomic E-state index is 12.1. The third-order valence-electron chi connectivity index (χ3n) is 3.91. The Bertz CT molecular complexity index is 519. The summed E-state index contributed by atoms with van der Waals surface area (Å²) in [6, 6.07) is 3.13. The topological polar surface area (TPSA) is 64.4 Å². The highest BCUT2D eigenvalue weighted by molar-refractivity contribution is 6.40. The Kier molecular flexibility index (Phi) is 8.80. The first-order valence-electron chi connectivity index (χ1n) is 7.28. The Hall–Kier alpha value is -0.390. The van der Waals surface area contributed by atoms with E-state index in [2.05, 4.69) is 5.32 Å². The fraction of sp³-hybridized carbons (Fsp3) is 0.533. The number of hydrogen-bond acceptors (Lipinski definition) is 3. The molecule has 0 spiro atoms. The summed E-state index contributed by atoms with van der Waals surface area (Å²) in [6.07, 6.45) is 3.00. The molecule has 1 fully saturated rings. The van der Waals surface area contributed by atoms with Crippen molar-refractivity contribution in [1.29, 1.82) is 0 Å². The molecular formula is C15H20Cl4N2O2. The molecule has 0 saturated heterocycles. The summed E-state index contributed by atoms with van der Waals surface area (Å²) < 4.78 is 5.53. The Morgan fingerprint density at radius 1 is 1.26 bits per heavy atom. The smallest absolute Gasteiger partial charge is 0.223 e. The summed E-state index contributed by atoms with van der Waals surface area (Å²) in [4.78, 5) is 12.1. The van der Waals surface area contributed by atoms with Crippen molar-refractivity contribution >= 4 is 53.1 Å². The molecule has 1 aliphatic carbocycles. The number of carbonyl (C=O) groups is 1. The van der Waals surface area contributed by atoms with E-state index in [4.69, 9.17) is 45.3 Å². The first kappa shape index (κ1) is 20.7. The fourth-order valence-corrected chi connectivity index (χ4v) is 3.72. The molecule has 2 atom stereocenters. The van der Waals surface area contributed by atoms with Crippen molar-refractivity contribution in [3.05, 3.63) is 27.2 Å². The van der Waals surface area contributed by atoms with Gasteiger partial charge in [0.1, 0.15) is 6.61 Å². The van der Waals surface area contributed by atoms with E-state index in [1.54, 1.807) is 12.1 Å². The molecule has 0 unspecified atom stereocenters. The van der Waals surface area contributed by atoms with E-state index < -0.39 is 0 Å². The van der Waals surface area contributed by atoms with Crippen LogP contribution in [-0.2, 0) is 4.79 Å². The highest BCUT2D eigenvalue weighted by atomic mass is 35.5. The van der Waals surface area contributed by atoms with E-state index in [-0.39, 0.29) is 30.8 Å². The molecule has 8 heteroatoms. The summed E-state index contributed by atoms with van der Waals surface area (Å²) in [5.74, 6) is 0.737. The largest absolute Gasteiger partial charge is 0.489 e. The molecule has 1 amide bonds. The summed E-state index contributed by atoms with van der Waals surface area (Å²) in [6.45, 7) is 1.24. The normalized spacial score (nSPS) is 20.0. The molecule has 1 aromatic carbocycles. The van der Waals surface area contributed by atoms with Crippen LogP contribution < -0.4 is 15.8 Å². The van der Waals surface area contributed by atoms with Crippen LogP contribution in [0.3, 0.4) is 0 Å². The monoisotopic (exact) mass is 400 g/mol. The van der Waals surface area contributed by atoms with Gasteiger partial charge >= 0.3 is 0 Å². The number of carbonyl (C=O) groups excluding carboxylic acids is 1. The Morgan fingerprint density at radius 3 is 2.52 bits per heavy atom. The van der Waals surface area contributed by atoms with Crippen molar-refractivity contribution in [2.24, 2.45) is 17.6 Å². The lowest BCUT2D eigenvalue weighted by Crippen LogP contribution is -2.37. The van der Waals surface area contributed by atoms with Gasteiger partial charge in [0.25, 0.3) is 0 Å². The van der Waals surface area contributed by atoms with Gasteiger partial charge in [-0.15, -0.1) is 12.4 Å². The van der Waals surface area contributed by atoms with Crippen LogP contribution in [0.1, 0.15) is 19.3 Å². The van der Waals surface area contributed by atoms with Crippen LogP contribution in [0.4, 0.5) is 0 Å². The second-order valence-corrected chi connectivity index (χ2v) is 6.62. The lowest BCUT2D eigenvalue weighted by atomic mass is 9.95. The first-order valence-corrected chi connectivity index (χ1v) is 8.41. The minimum absolute atomic E-state index is 0. The van der Waals surface area contributed by atoms with Crippen LogP contribution in [0.15, 0.2) is 12.1 Å². The zero-order chi connectivity index (χ0) is 16.1. The molecule has 1 aromatic rings. The predicted octanol–water partition coefficient (Wildman–Crippen LogP) is 3.94. The molecule has 0 aromatic heterocycles. The molecule has 0 bridgehead atoms. The summed E-state index contributed by atoms with van der Waals surface area (Å²) in [7, 11) is 0. The number of amides is 1.